The number of ether oxygens (including phenoxy) is 1. The lowest BCUT2D eigenvalue weighted by molar-refractivity contribution is 0.189. The molecule has 1 heterocycles. The van der Waals surface area contributed by atoms with Crippen LogP contribution in [0.4, 0.5) is 0 Å². The minimum atomic E-state index is 0. The van der Waals surface area contributed by atoms with Gasteiger partial charge in [-0.15, -0.1) is 0 Å². The molecule has 1 aliphatic rings. The predicted molar refractivity (Wildman–Crippen MR) is 44.2 cm³/mol. The van der Waals surface area contributed by atoms with Gasteiger partial charge in [-0.25, -0.2) is 0 Å². The van der Waals surface area contributed by atoms with Crippen LogP contribution in [0.3, 0.4) is 0 Å². The van der Waals surface area contributed by atoms with Crippen LogP contribution in [0, 0.1) is 5.92 Å². The molecule has 62 valence electrons. The number of rotatable bonds is 3. The lowest BCUT2D eigenvalue weighted by atomic mass is 10.2. The quantitative estimate of drug-likeness (QED) is 0.645. The highest BCUT2D eigenvalue weighted by atomic mass is 16.5. The van der Waals surface area contributed by atoms with Crippen molar-refractivity contribution in [2.75, 3.05) is 19.8 Å². The molecule has 0 aromatic heterocycles. The van der Waals surface area contributed by atoms with Crippen LogP contribution in [0.2, 0.25) is 0 Å². The topological polar surface area (TPSA) is 21.3 Å². The van der Waals surface area contributed by atoms with Crippen LogP contribution in [0.25, 0.3) is 0 Å². The highest BCUT2D eigenvalue weighted by Gasteiger charge is 2.14. The fraction of sp³-hybridized carbons (Fsp3) is 1.00. The molecule has 1 atom stereocenters. The molecule has 2 nitrogen and oxygen atoms in total. The monoisotopic (exact) mass is 145 g/mol. The van der Waals surface area contributed by atoms with Crippen LogP contribution in [-0.2, 0) is 4.74 Å². The molecule has 1 fully saturated rings. The molecule has 0 aromatic carbocycles. The Kier molecular flexibility index (Phi) is 3.16. The van der Waals surface area contributed by atoms with Gasteiger partial charge in [-0.1, -0.05) is 13.8 Å². The van der Waals surface area contributed by atoms with E-state index in [-0.39, 0.29) is 1.43 Å². The molecule has 0 aromatic rings. The van der Waals surface area contributed by atoms with Crippen molar-refractivity contribution < 1.29 is 6.16 Å². The van der Waals surface area contributed by atoms with E-state index in [4.69, 9.17) is 4.74 Å². The Morgan fingerprint density at radius 3 is 3.00 bits per heavy atom. The molecule has 0 radical (unpaired) electrons. The second-order valence-electron chi connectivity index (χ2n) is 3.36. The van der Waals surface area contributed by atoms with Gasteiger partial charge in [0.15, 0.2) is 0 Å². The Morgan fingerprint density at radius 1 is 1.70 bits per heavy atom. The summed E-state index contributed by atoms with van der Waals surface area (Å²) in [6.07, 6.45) is 1.19. The van der Waals surface area contributed by atoms with E-state index in [9.17, 15) is 0 Å². The van der Waals surface area contributed by atoms with E-state index in [0.29, 0.717) is 6.04 Å². The third-order valence-electron chi connectivity index (χ3n) is 1.74. The molecule has 0 unspecified atom stereocenters. The standard InChI is InChI=1S/C8H17NO.H2/c1-7(2)5-9-8-3-4-10-6-8;/h7-9H,3-6H2,1-2H3;1H/t8-;/m1./s1. The van der Waals surface area contributed by atoms with Gasteiger partial charge in [0.25, 0.3) is 0 Å². The van der Waals surface area contributed by atoms with Gasteiger partial charge >= 0.3 is 0 Å². The summed E-state index contributed by atoms with van der Waals surface area (Å²) < 4.78 is 5.23. The van der Waals surface area contributed by atoms with Gasteiger partial charge in [-0.2, -0.15) is 0 Å². The van der Waals surface area contributed by atoms with Crippen molar-refractivity contribution in [1.29, 1.82) is 0 Å². The van der Waals surface area contributed by atoms with E-state index in [1.165, 1.54) is 6.42 Å². The second-order valence-corrected chi connectivity index (χ2v) is 3.36. The van der Waals surface area contributed by atoms with Gasteiger partial charge < -0.3 is 10.1 Å². The van der Waals surface area contributed by atoms with E-state index in [0.717, 1.165) is 25.7 Å². The SMILES string of the molecule is CC(C)CN[C@@H]1CCOC1.[HH]. The molecule has 10 heavy (non-hydrogen) atoms. The summed E-state index contributed by atoms with van der Waals surface area (Å²) in [5, 5.41) is 3.46. The van der Waals surface area contributed by atoms with E-state index in [1.807, 2.05) is 0 Å². The van der Waals surface area contributed by atoms with Crippen LogP contribution >= 0.6 is 0 Å². The fourth-order valence-corrected chi connectivity index (χ4v) is 1.10. The van der Waals surface area contributed by atoms with Crippen LogP contribution in [0.1, 0.15) is 21.7 Å². The second kappa shape index (κ2) is 3.94. The van der Waals surface area contributed by atoms with Crippen molar-refractivity contribution in [3.63, 3.8) is 0 Å². The molecule has 2 heteroatoms. The molecule has 1 saturated heterocycles. The highest BCUT2D eigenvalue weighted by molar-refractivity contribution is 4.71. The van der Waals surface area contributed by atoms with E-state index < -0.39 is 0 Å². The lowest BCUT2D eigenvalue weighted by Crippen LogP contribution is -2.32. The normalized spacial score (nSPS) is 26.1. The van der Waals surface area contributed by atoms with Gasteiger partial charge in [0, 0.05) is 14.1 Å². The van der Waals surface area contributed by atoms with Crippen LogP contribution in [0.15, 0.2) is 0 Å². The first kappa shape index (κ1) is 8.02. The Morgan fingerprint density at radius 2 is 2.50 bits per heavy atom. The third kappa shape index (κ3) is 2.67. The number of hydrogen-bond donors (Lipinski definition) is 1. The van der Waals surface area contributed by atoms with E-state index in [1.54, 1.807) is 0 Å². The number of nitrogens with one attached hydrogen (secondary N) is 1. The van der Waals surface area contributed by atoms with Crippen LogP contribution in [-0.4, -0.2) is 25.8 Å². The van der Waals surface area contributed by atoms with Crippen molar-refractivity contribution in [1.82, 2.24) is 5.32 Å². The van der Waals surface area contributed by atoms with Crippen molar-refractivity contribution >= 4 is 0 Å². The van der Waals surface area contributed by atoms with Crippen molar-refractivity contribution in [3.05, 3.63) is 0 Å². The molecular formula is C8H19NO. The zero-order chi connectivity index (χ0) is 7.40. The summed E-state index contributed by atoms with van der Waals surface area (Å²) in [5.74, 6) is 0.751. The third-order valence-corrected chi connectivity index (χ3v) is 1.74. The lowest BCUT2D eigenvalue weighted by Gasteiger charge is -2.11. The molecule has 1 rings (SSSR count). The molecule has 0 saturated carbocycles. The van der Waals surface area contributed by atoms with Gasteiger partial charge in [-0.3, -0.25) is 0 Å². The highest BCUT2D eigenvalue weighted by Crippen LogP contribution is 2.03. The summed E-state index contributed by atoms with van der Waals surface area (Å²) >= 11 is 0. The zero-order valence-electron chi connectivity index (χ0n) is 6.89. The van der Waals surface area contributed by atoms with Gasteiger partial charge in [-0.05, 0) is 18.9 Å². The van der Waals surface area contributed by atoms with Crippen molar-refractivity contribution in [2.24, 2.45) is 5.92 Å². The average Bonchev–Trinajstić information content (AvgIpc) is 2.34. The Labute approximate surface area is 64.4 Å². The summed E-state index contributed by atoms with van der Waals surface area (Å²) in [6.45, 7) is 7.42. The summed E-state index contributed by atoms with van der Waals surface area (Å²) in [6, 6.07) is 0.627. The largest absolute Gasteiger partial charge is 0.380 e. The van der Waals surface area contributed by atoms with Crippen molar-refractivity contribution in [2.45, 2.75) is 26.3 Å². The van der Waals surface area contributed by atoms with E-state index in [2.05, 4.69) is 19.2 Å². The minimum Gasteiger partial charge on any atom is -0.380 e. The molecular weight excluding hydrogens is 126 g/mol. The molecule has 1 aliphatic heterocycles. The van der Waals surface area contributed by atoms with Crippen LogP contribution < -0.4 is 5.32 Å². The van der Waals surface area contributed by atoms with E-state index >= 15 is 0 Å². The smallest absolute Gasteiger partial charge is 0.0620 e. The zero-order valence-corrected chi connectivity index (χ0v) is 6.89. The molecule has 0 bridgehead atoms. The molecule has 0 aliphatic carbocycles. The Bertz CT molecular complexity index is 92.1. The molecule has 1 N–H and O–H groups in total. The van der Waals surface area contributed by atoms with Gasteiger partial charge in [0.1, 0.15) is 0 Å². The predicted octanol–water partition coefficient (Wildman–Crippen LogP) is 1.27. The maximum absolute atomic E-state index is 5.23. The maximum Gasteiger partial charge on any atom is 0.0620 e. The van der Waals surface area contributed by atoms with Gasteiger partial charge in [0.05, 0.1) is 6.61 Å². The fourth-order valence-electron chi connectivity index (χ4n) is 1.10. The summed E-state index contributed by atoms with van der Waals surface area (Å²) in [7, 11) is 0. The van der Waals surface area contributed by atoms with Crippen LogP contribution in [0.5, 0.6) is 0 Å². The first-order valence-electron chi connectivity index (χ1n) is 4.10. The summed E-state index contributed by atoms with van der Waals surface area (Å²) in [4.78, 5) is 0. The minimum absolute atomic E-state index is 0. The molecule has 0 amide bonds. The maximum atomic E-state index is 5.23. The van der Waals surface area contributed by atoms with Crippen molar-refractivity contribution in [3.8, 4) is 0 Å². The first-order chi connectivity index (χ1) is 4.79. The van der Waals surface area contributed by atoms with Gasteiger partial charge in [0.2, 0.25) is 0 Å². The first-order valence-corrected chi connectivity index (χ1v) is 4.10. The average molecular weight is 145 g/mol. The summed E-state index contributed by atoms with van der Waals surface area (Å²) in [5.41, 5.74) is 0. The molecule has 0 spiro atoms. The Hall–Kier alpha value is -0.0800. The Balaban J connectivity index is 0.000001000. The number of hydrogen-bond acceptors (Lipinski definition) is 2.